The molecule has 128 valence electrons. The fourth-order valence-electron chi connectivity index (χ4n) is 3.11. The highest BCUT2D eigenvalue weighted by Gasteiger charge is 2.31. The number of piperidine rings is 1. The molecule has 24 heavy (non-hydrogen) atoms. The second-order valence-electron chi connectivity index (χ2n) is 5.85. The largest absolute Gasteiger partial charge is 0.486 e. The van der Waals surface area contributed by atoms with Gasteiger partial charge in [-0.05, 0) is 25.0 Å². The third-order valence-electron chi connectivity index (χ3n) is 4.41. The van der Waals surface area contributed by atoms with E-state index in [1.807, 2.05) is 5.38 Å². The van der Waals surface area contributed by atoms with E-state index in [-0.39, 0.29) is 4.90 Å². The van der Waals surface area contributed by atoms with Crippen LogP contribution in [-0.2, 0) is 10.0 Å². The molecule has 1 saturated heterocycles. The molecule has 0 radical (unpaired) electrons. The Morgan fingerprint density at radius 2 is 1.88 bits per heavy atom. The van der Waals surface area contributed by atoms with Crippen LogP contribution < -0.4 is 9.47 Å². The number of nitrogens with zero attached hydrogens (tertiary/aromatic N) is 2. The minimum absolute atomic E-state index is 0.263. The maximum atomic E-state index is 12.9. The Bertz CT molecular complexity index is 813. The van der Waals surface area contributed by atoms with Crippen LogP contribution in [-0.4, -0.2) is 44.0 Å². The number of hydrogen-bond donors (Lipinski definition) is 0. The van der Waals surface area contributed by atoms with Crippen LogP contribution in [0.3, 0.4) is 0 Å². The van der Waals surface area contributed by atoms with E-state index in [0.29, 0.717) is 43.7 Å². The van der Waals surface area contributed by atoms with E-state index >= 15 is 0 Å². The monoisotopic (exact) mass is 366 g/mol. The number of thiazole rings is 1. The maximum absolute atomic E-state index is 12.9. The van der Waals surface area contributed by atoms with Crippen LogP contribution in [0.15, 0.2) is 34.7 Å². The summed E-state index contributed by atoms with van der Waals surface area (Å²) in [7, 11) is -3.51. The summed E-state index contributed by atoms with van der Waals surface area (Å²) in [4.78, 5) is 4.62. The zero-order chi connectivity index (χ0) is 16.6. The van der Waals surface area contributed by atoms with Crippen molar-refractivity contribution in [1.29, 1.82) is 0 Å². The molecule has 0 amide bonds. The van der Waals surface area contributed by atoms with E-state index in [2.05, 4.69) is 4.98 Å². The topological polar surface area (TPSA) is 68.7 Å². The normalized spacial score (nSPS) is 19.3. The smallest absolute Gasteiger partial charge is 0.243 e. The average molecular weight is 366 g/mol. The highest BCUT2D eigenvalue weighted by Crippen LogP contribution is 2.35. The van der Waals surface area contributed by atoms with Crippen LogP contribution in [0.25, 0.3) is 0 Å². The summed E-state index contributed by atoms with van der Waals surface area (Å²) in [6.45, 7) is 1.96. The zero-order valence-corrected chi connectivity index (χ0v) is 14.7. The lowest BCUT2D eigenvalue weighted by Gasteiger charge is -2.30. The van der Waals surface area contributed by atoms with E-state index in [1.165, 1.54) is 0 Å². The second kappa shape index (κ2) is 6.34. The van der Waals surface area contributed by atoms with E-state index in [1.54, 1.807) is 40.0 Å². The molecule has 0 saturated carbocycles. The fourth-order valence-corrected chi connectivity index (χ4v) is 5.41. The van der Waals surface area contributed by atoms with Crippen molar-refractivity contribution >= 4 is 21.4 Å². The summed E-state index contributed by atoms with van der Waals surface area (Å²) in [5.41, 5.74) is 0. The van der Waals surface area contributed by atoms with Gasteiger partial charge in [0.1, 0.15) is 13.2 Å². The summed E-state index contributed by atoms with van der Waals surface area (Å²) in [6.07, 6.45) is 3.41. The summed E-state index contributed by atoms with van der Waals surface area (Å²) >= 11 is 1.64. The van der Waals surface area contributed by atoms with E-state index < -0.39 is 10.0 Å². The highest BCUT2D eigenvalue weighted by molar-refractivity contribution is 7.89. The van der Waals surface area contributed by atoms with Gasteiger partial charge in [0.25, 0.3) is 0 Å². The number of rotatable bonds is 3. The standard InChI is InChI=1S/C16H18N2O4S2/c19-24(20,13-1-2-14-15(11-13)22-9-8-21-14)18-6-3-12(4-7-18)16-17-5-10-23-16/h1-2,5,10-12H,3-4,6-9H2. The van der Waals surface area contributed by atoms with Crippen molar-refractivity contribution in [3.8, 4) is 11.5 Å². The van der Waals surface area contributed by atoms with Gasteiger partial charge < -0.3 is 9.47 Å². The third kappa shape index (κ3) is 2.89. The molecule has 0 bridgehead atoms. The summed E-state index contributed by atoms with van der Waals surface area (Å²) in [5, 5.41) is 3.07. The van der Waals surface area contributed by atoms with E-state index in [0.717, 1.165) is 17.8 Å². The molecule has 2 aliphatic rings. The Morgan fingerprint density at radius 3 is 2.58 bits per heavy atom. The summed E-state index contributed by atoms with van der Waals surface area (Å²) in [5.74, 6) is 1.46. The third-order valence-corrected chi connectivity index (χ3v) is 7.24. The van der Waals surface area contributed by atoms with Crippen LogP contribution >= 0.6 is 11.3 Å². The molecule has 1 aromatic carbocycles. The average Bonchev–Trinajstić information content (AvgIpc) is 3.16. The van der Waals surface area contributed by atoms with E-state index in [4.69, 9.17) is 9.47 Å². The van der Waals surface area contributed by atoms with Crippen molar-refractivity contribution in [2.75, 3.05) is 26.3 Å². The Balaban J connectivity index is 1.51. The molecule has 2 aromatic rings. The van der Waals surface area contributed by atoms with Gasteiger partial charge in [-0.3, -0.25) is 0 Å². The van der Waals surface area contributed by atoms with Crippen molar-refractivity contribution in [3.63, 3.8) is 0 Å². The summed E-state index contributed by atoms with van der Waals surface area (Å²) in [6, 6.07) is 4.83. The van der Waals surface area contributed by atoms with Crippen molar-refractivity contribution in [3.05, 3.63) is 34.8 Å². The van der Waals surface area contributed by atoms with Crippen molar-refractivity contribution in [1.82, 2.24) is 9.29 Å². The molecule has 0 atom stereocenters. The van der Waals surface area contributed by atoms with Crippen LogP contribution in [0.2, 0.25) is 0 Å². The van der Waals surface area contributed by atoms with Gasteiger partial charge in [0, 0.05) is 36.7 Å². The Morgan fingerprint density at radius 1 is 1.12 bits per heavy atom. The van der Waals surface area contributed by atoms with Crippen LogP contribution in [0.4, 0.5) is 0 Å². The van der Waals surface area contributed by atoms with Crippen LogP contribution in [0.1, 0.15) is 23.8 Å². The minimum Gasteiger partial charge on any atom is -0.486 e. The predicted molar refractivity (Wildman–Crippen MR) is 90.3 cm³/mol. The van der Waals surface area contributed by atoms with E-state index in [9.17, 15) is 8.42 Å². The molecule has 8 heteroatoms. The zero-order valence-electron chi connectivity index (χ0n) is 13.1. The second-order valence-corrected chi connectivity index (χ2v) is 8.72. The van der Waals surface area contributed by atoms with Gasteiger partial charge in [0.05, 0.1) is 9.90 Å². The first-order valence-corrected chi connectivity index (χ1v) is 10.3. The first-order valence-electron chi connectivity index (χ1n) is 7.94. The number of ether oxygens (including phenoxy) is 2. The molecule has 2 aliphatic heterocycles. The molecule has 0 spiro atoms. The molecule has 0 aliphatic carbocycles. The van der Waals surface area contributed by atoms with Gasteiger partial charge >= 0.3 is 0 Å². The van der Waals surface area contributed by atoms with Gasteiger partial charge in [0.15, 0.2) is 11.5 Å². The first-order chi connectivity index (χ1) is 11.6. The Hall–Kier alpha value is -1.64. The van der Waals surface area contributed by atoms with Gasteiger partial charge in [-0.15, -0.1) is 11.3 Å². The fraction of sp³-hybridized carbons (Fsp3) is 0.438. The first kappa shape index (κ1) is 15.9. The Kier molecular flexibility index (Phi) is 4.19. The molecule has 1 fully saturated rings. The quantitative estimate of drug-likeness (QED) is 0.835. The van der Waals surface area contributed by atoms with Crippen LogP contribution in [0, 0.1) is 0 Å². The Labute approximate surface area is 145 Å². The number of sulfonamides is 1. The lowest BCUT2D eigenvalue weighted by atomic mass is 9.99. The molecule has 3 heterocycles. The SMILES string of the molecule is O=S(=O)(c1ccc2c(c1)OCCO2)N1CCC(c2nccs2)CC1. The predicted octanol–water partition coefficient (Wildman–Crippen LogP) is 2.48. The molecule has 0 unspecified atom stereocenters. The van der Waals surface area contributed by atoms with Gasteiger partial charge in [-0.1, -0.05) is 0 Å². The van der Waals surface area contributed by atoms with Gasteiger partial charge in [-0.25, -0.2) is 13.4 Å². The highest BCUT2D eigenvalue weighted by atomic mass is 32.2. The van der Waals surface area contributed by atoms with Crippen molar-refractivity contribution < 1.29 is 17.9 Å². The number of aromatic nitrogens is 1. The molecule has 6 nitrogen and oxygen atoms in total. The van der Waals surface area contributed by atoms with Gasteiger partial charge in [0.2, 0.25) is 10.0 Å². The number of fused-ring (bicyclic) bond motifs is 1. The number of benzene rings is 1. The molecule has 4 rings (SSSR count). The van der Waals surface area contributed by atoms with Crippen molar-refractivity contribution in [2.24, 2.45) is 0 Å². The molecular formula is C16H18N2O4S2. The molecular weight excluding hydrogens is 348 g/mol. The lowest BCUT2D eigenvalue weighted by Crippen LogP contribution is -2.37. The maximum Gasteiger partial charge on any atom is 0.243 e. The minimum atomic E-state index is -3.51. The summed E-state index contributed by atoms with van der Waals surface area (Å²) < 4.78 is 38.3. The van der Waals surface area contributed by atoms with Gasteiger partial charge in [-0.2, -0.15) is 4.31 Å². The van der Waals surface area contributed by atoms with Crippen molar-refractivity contribution in [2.45, 2.75) is 23.7 Å². The molecule has 1 aromatic heterocycles. The molecule has 0 N–H and O–H groups in total. The van der Waals surface area contributed by atoms with Crippen LogP contribution in [0.5, 0.6) is 11.5 Å². The lowest BCUT2D eigenvalue weighted by molar-refractivity contribution is 0.171. The number of hydrogen-bond acceptors (Lipinski definition) is 6.